The van der Waals surface area contributed by atoms with Gasteiger partial charge in [0.15, 0.2) is 0 Å². The fourth-order valence-corrected chi connectivity index (χ4v) is 6.45. The number of rotatable bonds is 4. The van der Waals surface area contributed by atoms with Crippen LogP contribution in [0, 0.1) is 5.92 Å². The second-order valence-electron chi connectivity index (χ2n) is 6.85. The smallest absolute Gasteiger partial charge is 0.207 e. The Morgan fingerprint density at radius 3 is 1.81 bits per heavy atom. The lowest BCUT2D eigenvalue weighted by Crippen LogP contribution is -2.55. The van der Waals surface area contributed by atoms with Gasteiger partial charge in [-0.2, -0.15) is 21.3 Å². The van der Waals surface area contributed by atoms with Crippen LogP contribution in [-0.2, 0) is 20.2 Å². The Kier molecular flexibility index (Phi) is 5.96. The molecular formula is C16H24ClN3O4S2. The second-order valence-corrected chi connectivity index (χ2v) is 11.1. The second kappa shape index (κ2) is 7.73. The van der Waals surface area contributed by atoms with Crippen LogP contribution in [0.3, 0.4) is 0 Å². The van der Waals surface area contributed by atoms with E-state index in [9.17, 15) is 16.8 Å². The minimum absolute atomic E-state index is 0.147. The predicted octanol–water partition coefficient (Wildman–Crippen LogP) is 1.62. The molecule has 0 spiro atoms. The lowest BCUT2D eigenvalue weighted by molar-refractivity contribution is 0.232. The molecule has 0 N–H and O–H groups in total. The molecule has 0 saturated carbocycles. The van der Waals surface area contributed by atoms with Crippen LogP contribution >= 0.6 is 11.6 Å². The van der Waals surface area contributed by atoms with Gasteiger partial charge < -0.3 is 0 Å². The zero-order valence-corrected chi connectivity index (χ0v) is 17.1. The van der Waals surface area contributed by atoms with E-state index in [4.69, 9.17) is 11.6 Å². The van der Waals surface area contributed by atoms with Gasteiger partial charge in [0.05, 0.1) is 4.90 Å². The lowest BCUT2D eigenvalue weighted by atomic mass is 10.0. The maximum absolute atomic E-state index is 12.8. The average Bonchev–Trinajstić information content (AvgIpc) is 2.62. The summed E-state index contributed by atoms with van der Waals surface area (Å²) in [5.74, 6) is 0.544. The molecular weight excluding hydrogens is 398 g/mol. The Hall–Kier alpha value is -0.710. The van der Waals surface area contributed by atoms with Gasteiger partial charge in [-0.25, -0.2) is 8.42 Å². The van der Waals surface area contributed by atoms with E-state index < -0.39 is 20.2 Å². The number of halogens is 1. The highest BCUT2D eigenvalue weighted by Gasteiger charge is 2.36. The molecule has 146 valence electrons. The maximum atomic E-state index is 12.8. The molecule has 0 radical (unpaired) electrons. The summed E-state index contributed by atoms with van der Waals surface area (Å²) in [6.07, 6.45) is 1.73. The summed E-state index contributed by atoms with van der Waals surface area (Å²) in [4.78, 5) is 0.170. The first kappa shape index (κ1) is 20.0. The van der Waals surface area contributed by atoms with E-state index >= 15 is 0 Å². The van der Waals surface area contributed by atoms with Crippen molar-refractivity contribution in [2.24, 2.45) is 5.92 Å². The van der Waals surface area contributed by atoms with Crippen LogP contribution in [-0.4, -0.2) is 69.0 Å². The molecule has 1 aromatic rings. The third kappa shape index (κ3) is 4.07. The van der Waals surface area contributed by atoms with Gasteiger partial charge in [-0.05, 0) is 43.0 Å². The number of hydrogen-bond donors (Lipinski definition) is 0. The Labute approximate surface area is 160 Å². The minimum atomic E-state index is -3.64. The predicted molar refractivity (Wildman–Crippen MR) is 101 cm³/mol. The number of piperazine rings is 1. The number of nitrogens with zero attached hydrogens (tertiary/aromatic N) is 3. The largest absolute Gasteiger partial charge is 0.282 e. The fraction of sp³-hybridized carbons (Fsp3) is 0.625. The summed E-state index contributed by atoms with van der Waals surface area (Å²) in [6.45, 7) is 3.83. The molecule has 10 heteroatoms. The van der Waals surface area contributed by atoms with Crippen LogP contribution in [0.15, 0.2) is 29.2 Å². The molecule has 0 unspecified atom stereocenters. The summed E-state index contributed by atoms with van der Waals surface area (Å²) in [7, 11) is -7.16. The van der Waals surface area contributed by atoms with E-state index in [1.165, 1.54) is 37.2 Å². The summed E-state index contributed by atoms with van der Waals surface area (Å²) < 4.78 is 55.2. The highest BCUT2D eigenvalue weighted by molar-refractivity contribution is 7.89. The number of benzene rings is 1. The lowest BCUT2D eigenvalue weighted by Gasteiger charge is -2.38. The van der Waals surface area contributed by atoms with E-state index in [1.807, 2.05) is 0 Å². The zero-order chi connectivity index (χ0) is 18.9. The standard InChI is InChI=1S/C16H24ClN3O4S2/c1-14-6-8-19(9-7-14)26(23,24)20-12-10-18(11-13-20)25(21,22)16-4-2-15(17)3-5-16/h2-5,14H,6-13H2,1H3. The van der Waals surface area contributed by atoms with Crippen molar-refractivity contribution < 1.29 is 16.8 Å². The van der Waals surface area contributed by atoms with E-state index in [0.717, 1.165) is 12.8 Å². The van der Waals surface area contributed by atoms with Crippen molar-refractivity contribution >= 4 is 31.8 Å². The van der Waals surface area contributed by atoms with Gasteiger partial charge in [-0.3, -0.25) is 0 Å². The molecule has 2 fully saturated rings. The van der Waals surface area contributed by atoms with Crippen LogP contribution in [0.2, 0.25) is 5.02 Å². The summed E-state index contributed by atoms with van der Waals surface area (Å²) >= 11 is 5.81. The van der Waals surface area contributed by atoms with Gasteiger partial charge in [0.2, 0.25) is 10.0 Å². The molecule has 7 nitrogen and oxygen atoms in total. The van der Waals surface area contributed by atoms with E-state index in [0.29, 0.717) is 24.0 Å². The number of sulfonamides is 1. The molecule has 2 saturated heterocycles. The summed E-state index contributed by atoms with van der Waals surface area (Å²) in [5, 5.41) is 0.468. The first-order chi connectivity index (χ1) is 12.2. The van der Waals surface area contributed by atoms with Gasteiger partial charge >= 0.3 is 0 Å². The first-order valence-corrected chi connectivity index (χ1v) is 11.9. The molecule has 1 aromatic carbocycles. The van der Waals surface area contributed by atoms with Crippen molar-refractivity contribution in [1.82, 2.24) is 12.9 Å². The third-order valence-electron chi connectivity index (χ3n) is 5.04. The number of hydrogen-bond acceptors (Lipinski definition) is 4. The van der Waals surface area contributed by atoms with Crippen LogP contribution in [0.5, 0.6) is 0 Å². The van der Waals surface area contributed by atoms with Crippen molar-refractivity contribution in [1.29, 1.82) is 0 Å². The molecule has 0 amide bonds. The van der Waals surface area contributed by atoms with E-state index in [-0.39, 0.29) is 31.1 Å². The summed E-state index contributed by atoms with van der Waals surface area (Å²) in [5.41, 5.74) is 0. The highest BCUT2D eigenvalue weighted by atomic mass is 35.5. The molecule has 0 aromatic heterocycles. The highest BCUT2D eigenvalue weighted by Crippen LogP contribution is 2.24. The topological polar surface area (TPSA) is 78.0 Å². The zero-order valence-electron chi connectivity index (χ0n) is 14.7. The molecule has 3 rings (SSSR count). The van der Waals surface area contributed by atoms with Crippen LogP contribution in [0.4, 0.5) is 0 Å². The minimum Gasteiger partial charge on any atom is -0.207 e. The van der Waals surface area contributed by atoms with Gasteiger partial charge in [-0.15, -0.1) is 0 Å². The fourth-order valence-electron chi connectivity index (χ4n) is 3.28. The summed E-state index contributed by atoms with van der Waals surface area (Å²) in [6, 6.07) is 6.00. The van der Waals surface area contributed by atoms with Crippen molar-refractivity contribution in [3.63, 3.8) is 0 Å². The van der Waals surface area contributed by atoms with Gasteiger partial charge in [0.25, 0.3) is 10.2 Å². The Morgan fingerprint density at radius 2 is 1.27 bits per heavy atom. The number of piperidine rings is 1. The van der Waals surface area contributed by atoms with Gasteiger partial charge in [0, 0.05) is 44.3 Å². The van der Waals surface area contributed by atoms with Crippen molar-refractivity contribution in [3.05, 3.63) is 29.3 Å². The molecule has 0 aliphatic carbocycles. The third-order valence-corrected chi connectivity index (χ3v) is 9.24. The molecule has 26 heavy (non-hydrogen) atoms. The van der Waals surface area contributed by atoms with Crippen molar-refractivity contribution in [2.45, 2.75) is 24.7 Å². The van der Waals surface area contributed by atoms with Crippen LogP contribution in [0.1, 0.15) is 19.8 Å². The Bertz CT molecular complexity index is 827. The SMILES string of the molecule is CC1CCN(S(=O)(=O)N2CCN(S(=O)(=O)c3ccc(Cl)cc3)CC2)CC1. The molecule has 0 bridgehead atoms. The van der Waals surface area contributed by atoms with Crippen molar-refractivity contribution in [3.8, 4) is 0 Å². The van der Waals surface area contributed by atoms with Crippen LogP contribution in [0.25, 0.3) is 0 Å². The molecule has 0 atom stereocenters. The Balaban J connectivity index is 1.66. The van der Waals surface area contributed by atoms with Gasteiger partial charge in [0.1, 0.15) is 0 Å². The van der Waals surface area contributed by atoms with E-state index in [2.05, 4.69) is 6.92 Å². The maximum Gasteiger partial charge on any atom is 0.282 e. The van der Waals surface area contributed by atoms with E-state index in [1.54, 1.807) is 0 Å². The molecule has 2 heterocycles. The van der Waals surface area contributed by atoms with Gasteiger partial charge in [-0.1, -0.05) is 18.5 Å². The molecule has 2 aliphatic rings. The quantitative estimate of drug-likeness (QED) is 0.740. The van der Waals surface area contributed by atoms with Crippen LogP contribution < -0.4 is 0 Å². The average molecular weight is 422 g/mol. The monoisotopic (exact) mass is 421 g/mol. The first-order valence-electron chi connectivity index (χ1n) is 8.72. The van der Waals surface area contributed by atoms with Crippen molar-refractivity contribution in [2.75, 3.05) is 39.3 Å². The Morgan fingerprint density at radius 1 is 0.808 bits per heavy atom. The normalized spacial score (nSPS) is 22.5. The molecule has 2 aliphatic heterocycles.